The second-order valence-electron chi connectivity index (χ2n) is 4.96. The number of terminal acetylenes is 1. The number of unbranched alkanes of at least 4 members (excludes halogenated alkanes) is 1. The maximum atomic E-state index is 11.2. The predicted molar refractivity (Wildman–Crippen MR) is 72.5 cm³/mol. The van der Waals surface area contributed by atoms with Crippen LogP contribution in [0.15, 0.2) is 0 Å². The number of hydrogen-bond donors (Lipinski definition) is 2. The molecule has 0 bridgehead atoms. The van der Waals surface area contributed by atoms with Crippen LogP contribution in [0, 0.1) is 24.2 Å². The standard InChI is InChI=1S/C14H24N2O2/c1-4-7-13(17)16-9-6-5-8-12(14(15)18)10-11(2)3/h1,11-12H,5-10H2,2-3H3,(H2,15,18)(H,16,17). The molecular weight excluding hydrogens is 228 g/mol. The fourth-order valence-electron chi connectivity index (χ4n) is 1.84. The van der Waals surface area contributed by atoms with Crippen LogP contribution in [-0.4, -0.2) is 18.4 Å². The Morgan fingerprint density at radius 1 is 1.33 bits per heavy atom. The van der Waals surface area contributed by atoms with Crippen LogP contribution in [0.25, 0.3) is 0 Å². The first-order valence-electron chi connectivity index (χ1n) is 6.46. The quantitative estimate of drug-likeness (QED) is 0.481. The van der Waals surface area contributed by atoms with Crippen molar-refractivity contribution in [2.24, 2.45) is 17.6 Å². The van der Waals surface area contributed by atoms with E-state index in [1.807, 2.05) is 0 Å². The highest BCUT2D eigenvalue weighted by molar-refractivity contribution is 5.78. The molecule has 0 aliphatic rings. The lowest BCUT2D eigenvalue weighted by Crippen LogP contribution is -2.26. The summed E-state index contributed by atoms with van der Waals surface area (Å²) in [5.74, 6) is 2.37. The van der Waals surface area contributed by atoms with Gasteiger partial charge >= 0.3 is 0 Å². The van der Waals surface area contributed by atoms with E-state index in [0.717, 1.165) is 25.7 Å². The fraction of sp³-hybridized carbons (Fsp3) is 0.714. The number of nitrogens with one attached hydrogen (secondary N) is 1. The summed E-state index contributed by atoms with van der Waals surface area (Å²) in [5, 5.41) is 2.73. The lowest BCUT2D eigenvalue weighted by atomic mass is 9.92. The Morgan fingerprint density at radius 3 is 2.50 bits per heavy atom. The minimum atomic E-state index is -0.222. The molecule has 0 rings (SSSR count). The number of nitrogens with two attached hydrogens (primary N) is 1. The summed E-state index contributed by atoms with van der Waals surface area (Å²) >= 11 is 0. The lowest BCUT2D eigenvalue weighted by Gasteiger charge is -2.15. The van der Waals surface area contributed by atoms with E-state index in [0.29, 0.717) is 12.5 Å². The first kappa shape index (κ1) is 16.5. The van der Waals surface area contributed by atoms with Crippen molar-refractivity contribution in [1.82, 2.24) is 5.32 Å². The smallest absolute Gasteiger partial charge is 0.232 e. The van der Waals surface area contributed by atoms with Crippen molar-refractivity contribution in [2.45, 2.75) is 46.0 Å². The van der Waals surface area contributed by atoms with E-state index in [1.54, 1.807) is 0 Å². The van der Waals surface area contributed by atoms with E-state index in [4.69, 9.17) is 12.2 Å². The third-order valence-electron chi connectivity index (χ3n) is 2.72. The molecule has 0 aromatic heterocycles. The van der Waals surface area contributed by atoms with Crippen LogP contribution in [0.1, 0.15) is 46.0 Å². The Labute approximate surface area is 110 Å². The Kier molecular flexibility index (Phi) is 8.73. The summed E-state index contributed by atoms with van der Waals surface area (Å²) in [6, 6.07) is 0. The Bertz CT molecular complexity index is 305. The van der Waals surface area contributed by atoms with E-state index in [-0.39, 0.29) is 24.2 Å². The van der Waals surface area contributed by atoms with Crippen molar-refractivity contribution >= 4 is 11.8 Å². The summed E-state index contributed by atoms with van der Waals surface area (Å²) in [6.45, 7) is 4.76. The monoisotopic (exact) mass is 252 g/mol. The molecule has 0 spiro atoms. The molecule has 3 N–H and O–H groups in total. The summed E-state index contributed by atoms with van der Waals surface area (Å²) in [6.07, 6.45) is 8.49. The van der Waals surface area contributed by atoms with Gasteiger partial charge in [0, 0.05) is 12.5 Å². The van der Waals surface area contributed by atoms with Crippen molar-refractivity contribution in [1.29, 1.82) is 0 Å². The second kappa shape index (κ2) is 9.52. The second-order valence-corrected chi connectivity index (χ2v) is 4.96. The zero-order valence-corrected chi connectivity index (χ0v) is 11.4. The highest BCUT2D eigenvalue weighted by atomic mass is 16.1. The SMILES string of the molecule is C#CCC(=O)NCCCCC(CC(C)C)C(N)=O. The highest BCUT2D eigenvalue weighted by Gasteiger charge is 2.16. The van der Waals surface area contributed by atoms with E-state index >= 15 is 0 Å². The first-order chi connectivity index (χ1) is 8.47. The van der Waals surface area contributed by atoms with Crippen LogP contribution in [0.3, 0.4) is 0 Å². The molecule has 4 heteroatoms. The number of amides is 2. The molecule has 0 aliphatic heterocycles. The van der Waals surface area contributed by atoms with Crippen LogP contribution in [-0.2, 0) is 9.59 Å². The zero-order chi connectivity index (χ0) is 14.0. The van der Waals surface area contributed by atoms with Gasteiger partial charge in [-0.15, -0.1) is 6.42 Å². The van der Waals surface area contributed by atoms with Crippen LogP contribution in [0.5, 0.6) is 0 Å². The van der Waals surface area contributed by atoms with Crippen LogP contribution >= 0.6 is 0 Å². The summed E-state index contributed by atoms with van der Waals surface area (Å²) < 4.78 is 0. The van der Waals surface area contributed by atoms with Gasteiger partial charge in [0.1, 0.15) is 0 Å². The van der Waals surface area contributed by atoms with Crippen molar-refractivity contribution < 1.29 is 9.59 Å². The summed E-state index contributed by atoms with van der Waals surface area (Å²) in [7, 11) is 0. The van der Waals surface area contributed by atoms with Crippen LogP contribution in [0.4, 0.5) is 0 Å². The molecule has 4 nitrogen and oxygen atoms in total. The topological polar surface area (TPSA) is 72.2 Å². The van der Waals surface area contributed by atoms with E-state index < -0.39 is 0 Å². The van der Waals surface area contributed by atoms with E-state index in [9.17, 15) is 9.59 Å². The van der Waals surface area contributed by atoms with Gasteiger partial charge in [0.15, 0.2) is 0 Å². The average Bonchev–Trinajstić information content (AvgIpc) is 2.26. The van der Waals surface area contributed by atoms with Gasteiger partial charge in [0.25, 0.3) is 0 Å². The van der Waals surface area contributed by atoms with Crippen molar-refractivity contribution in [3.05, 3.63) is 0 Å². The average molecular weight is 252 g/mol. The first-order valence-corrected chi connectivity index (χ1v) is 6.46. The molecule has 0 saturated heterocycles. The molecular formula is C14H24N2O2. The minimum absolute atomic E-state index is 0.0496. The molecule has 0 saturated carbocycles. The number of carbonyl (C=O) groups is 2. The van der Waals surface area contributed by atoms with Gasteiger partial charge in [-0.25, -0.2) is 0 Å². The number of primary amides is 1. The van der Waals surface area contributed by atoms with Gasteiger partial charge in [-0.05, 0) is 25.2 Å². The Morgan fingerprint density at radius 2 is 2.00 bits per heavy atom. The van der Waals surface area contributed by atoms with Crippen molar-refractivity contribution in [3.63, 3.8) is 0 Å². The molecule has 102 valence electrons. The third-order valence-corrected chi connectivity index (χ3v) is 2.72. The number of rotatable bonds is 9. The van der Waals surface area contributed by atoms with Crippen molar-refractivity contribution in [3.8, 4) is 12.3 Å². The fourth-order valence-corrected chi connectivity index (χ4v) is 1.84. The van der Waals surface area contributed by atoms with E-state index in [1.165, 1.54) is 0 Å². The number of hydrogen-bond acceptors (Lipinski definition) is 2. The molecule has 0 fully saturated rings. The Balaban J connectivity index is 3.71. The van der Waals surface area contributed by atoms with E-state index in [2.05, 4.69) is 25.1 Å². The normalized spacial score (nSPS) is 11.9. The molecule has 0 radical (unpaired) electrons. The molecule has 0 heterocycles. The maximum absolute atomic E-state index is 11.2. The highest BCUT2D eigenvalue weighted by Crippen LogP contribution is 2.17. The Hall–Kier alpha value is -1.50. The number of carbonyl (C=O) groups excluding carboxylic acids is 2. The summed E-state index contributed by atoms with van der Waals surface area (Å²) in [5.41, 5.74) is 5.36. The van der Waals surface area contributed by atoms with Gasteiger partial charge in [-0.2, -0.15) is 0 Å². The third kappa shape index (κ3) is 8.63. The molecule has 0 aliphatic carbocycles. The zero-order valence-electron chi connectivity index (χ0n) is 11.4. The van der Waals surface area contributed by atoms with Gasteiger partial charge in [0.05, 0.1) is 6.42 Å². The van der Waals surface area contributed by atoms with Gasteiger partial charge in [-0.1, -0.05) is 26.2 Å². The molecule has 1 atom stereocenters. The predicted octanol–water partition coefficient (Wildman–Crippen LogP) is 1.44. The molecule has 0 aromatic carbocycles. The van der Waals surface area contributed by atoms with Crippen LogP contribution in [0.2, 0.25) is 0 Å². The van der Waals surface area contributed by atoms with Crippen molar-refractivity contribution in [2.75, 3.05) is 6.54 Å². The molecule has 18 heavy (non-hydrogen) atoms. The molecule has 0 aromatic rings. The molecule has 1 unspecified atom stereocenters. The minimum Gasteiger partial charge on any atom is -0.369 e. The largest absolute Gasteiger partial charge is 0.369 e. The van der Waals surface area contributed by atoms with Gasteiger partial charge < -0.3 is 11.1 Å². The maximum Gasteiger partial charge on any atom is 0.232 e. The van der Waals surface area contributed by atoms with Gasteiger partial charge in [0.2, 0.25) is 11.8 Å². The molecule has 2 amide bonds. The van der Waals surface area contributed by atoms with Crippen LogP contribution < -0.4 is 11.1 Å². The van der Waals surface area contributed by atoms with Gasteiger partial charge in [-0.3, -0.25) is 9.59 Å². The lowest BCUT2D eigenvalue weighted by molar-refractivity contribution is -0.123. The summed E-state index contributed by atoms with van der Waals surface area (Å²) in [4.78, 5) is 22.3.